The minimum atomic E-state index is -0.389. The highest BCUT2D eigenvalue weighted by molar-refractivity contribution is 5.23. The highest BCUT2D eigenvalue weighted by atomic mass is 19.1. The van der Waals surface area contributed by atoms with Gasteiger partial charge in [-0.1, -0.05) is 18.6 Å². The van der Waals surface area contributed by atoms with E-state index in [4.69, 9.17) is 4.74 Å². The van der Waals surface area contributed by atoms with Gasteiger partial charge in [0.25, 0.3) is 0 Å². The Morgan fingerprint density at radius 2 is 2.14 bits per heavy atom. The molecule has 2 atom stereocenters. The molecule has 0 bridgehead atoms. The van der Waals surface area contributed by atoms with Crippen LogP contribution in [0, 0.1) is 23.1 Å². The van der Waals surface area contributed by atoms with Gasteiger partial charge in [-0.3, -0.25) is 5.32 Å². The molecule has 0 radical (unpaired) electrons. The van der Waals surface area contributed by atoms with Crippen LogP contribution in [0.1, 0.15) is 38.5 Å². The first-order valence-corrected chi connectivity index (χ1v) is 7.80. The molecule has 112 valence electrons. The van der Waals surface area contributed by atoms with Crippen LogP contribution in [0.25, 0.3) is 0 Å². The summed E-state index contributed by atoms with van der Waals surface area (Å²) in [7, 11) is 0. The van der Waals surface area contributed by atoms with E-state index in [9.17, 15) is 9.65 Å². The second-order valence-electron chi connectivity index (χ2n) is 6.16. The summed E-state index contributed by atoms with van der Waals surface area (Å²) < 4.78 is 19.0. The number of nitrogens with one attached hydrogen (secondary N) is 1. The molecule has 21 heavy (non-hydrogen) atoms. The third-order valence-corrected chi connectivity index (χ3v) is 4.62. The van der Waals surface area contributed by atoms with Crippen molar-refractivity contribution in [2.75, 3.05) is 6.61 Å². The van der Waals surface area contributed by atoms with Crippen LogP contribution in [-0.2, 0) is 0 Å². The largest absolute Gasteiger partial charge is 0.491 e. The minimum absolute atomic E-state index is 0.299. The summed E-state index contributed by atoms with van der Waals surface area (Å²) in [5, 5.41) is 13.1. The monoisotopic (exact) mass is 288 g/mol. The normalized spacial score (nSPS) is 28.3. The summed E-state index contributed by atoms with van der Waals surface area (Å²) in [6, 6.07) is 9.51. The Labute approximate surface area is 125 Å². The number of benzene rings is 1. The maximum absolute atomic E-state index is 13.5. The Morgan fingerprint density at radius 1 is 1.33 bits per heavy atom. The van der Waals surface area contributed by atoms with Gasteiger partial charge in [0.05, 0.1) is 12.7 Å². The molecular formula is C17H21FN2O. The molecule has 0 aromatic heterocycles. The van der Waals surface area contributed by atoms with Crippen molar-refractivity contribution in [1.29, 1.82) is 5.26 Å². The molecule has 1 aromatic rings. The maximum atomic E-state index is 13.5. The van der Waals surface area contributed by atoms with Crippen LogP contribution >= 0.6 is 0 Å². The Hall–Kier alpha value is -1.60. The van der Waals surface area contributed by atoms with Crippen LogP contribution in [0.15, 0.2) is 24.3 Å². The van der Waals surface area contributed by atoms with Gasteiger partial charge in [-0.05, 0) is 50.2 Å². The van der Waals surface area contributed by atoms with Crippen molar-refractivity contribution in [3.05, 3.63) is 30.1 Å². The zero-order chi connectivity index (χ0) is 14.7. The van der Waals surface area contributed by atoms with E-state index in [-0.39, 0.29) is 11.4 Å². The summed E-state index contributed by atoms with van der Waals surface area (Å²) in [6.07, 6.45) is 6.21. The molecule has 3 nitrogen and oxygen atoms in total. The Balaban J connectivity index is 1.56. The first kappa shape index (κ1) is 14.3. The van der Waals surface area contributed by atoms with Crippen LogP contribution in [0.3, 0.4) is 0 Å². The fourth-order valence-electron chi connectivity index (χ4n) is 3.30. The Kier molecular flexibility index (Phi) is 4.12. The molecule has 1 aromatic carbocycles. The standard InChI is InChI=1S/C17H21FN2O/c18-15-5-1-2-6-16(15)21-11-9-13-4-3-10-17(13,12-19)20-14-7-8-14/h1-2,5-6,13-14,20H,3-4,7-11H2. The van der Waals surface area contributed by atoms with Crippen molar-refractivity contribution in [2.24, 2.45) is 5.92 Å². The highest BCUT2D eigenvalue weighted by Gasteiger charge is 2.45. The Bertz CT molecular complexity index is 538. The lowest BCUT2D eigenvalue weighted by Gasteiger charge is -2.30. The first-order valence-electron chi connectivity index (χ1n) is 7.80. The smallest absolute Gasteiger partial charge is 0.165 e. The topological polar surface area (TPSA) is 45.0 Å². The second kappa shape index (κ2) is 6.03. The van der Waals surface area contributed by atoms with Gasteiger partial charge in [0.15, 0.2) is 11.6 Å². The first-order chi connectivity index (χ1) is 10.2. The molecule has 2 aliphatic carbocycles. The number of para-hydroxylation sites is 1. The highest BCUT2D eigenvalue weighted by Crippen LogP contribution is 2.40. The molecule has 2 fully saturated rings. The van der Waals surface area contributed by atoms with Gasteiger partial charge in [0.2, 0.25) is 0 Å². The van der Waals surface area contributed by atoms with E-state index in [1.54, 1.807) is 18.2 Å². The molecule has 0 spiro atoms. The fourth-order valence-corrected chi connectivity index (χ4v) is 3.30. The molecule has 2 unspecified atom stereocenters. The van der Waals surface area contributed by atoms with Gasteiger partial charge >= 0.3 is 0 Å². The van der Waals surface area contributed by atoms with Crippen LogP contribution < -0.4 is 10.1 Å². The van der Waals surface area contributed by atoms with E-state index in [1.807, 2.05) is 0 Å². The molecule has 1 N–H and O–H groups in total. The quantitative estimate of drug-likeness (QED) is 0.872. The fraction of sp³-hybridized carbons (Fsp3) is 0.588. The number of nitriles is 1. The maximum Gasteiger partial charge on any atom is 0.165 e. The zero-order valence-corrected chi connectivity index (χ0v) is 12.1. The Morgan fingerprint density at radius 3 is 2.86 bits per heavy atom. The van der Waals surface area contributed by atoms with Crippen LogP contribution in [-0.4, -0.2) is 18.2 Å². The van der Waals surface area contributed by atoms with Gasteiger partial charge in [-0.25, -0.2) is 4.39 Å². The number of hydrogen-bond donors (Lipinski definition) is 1. The second-order valence-corrected chi connectivity index (χ2v) is 6.16. The third-order valence-electron chi connectivity index (χ3n) is 4.62. The van der Waals surface area contributed by atoms with Crippen molar-refractivity contribution in [3.8, 4) is 11.8 Å². The number of ether oxygens (including phenoxy) is 1. The minimum Gasteiger partial charge on any atom is -0.491 e. The lowest BCUT2D eigenvalue weighted by atomic mass is 9.86. The molecule has 3 rings (SSSR count). The number of nitrogens with zero attached hydrogens (tertiary/aromatic N) is 1. The van der Waals surface area contributed by atoms with Gasteiger partial charge < -0.3 is 4.74 Å². The van der Waals surface area contributed by atoms with Crippen LogP contribution in [0.4, 0.5) is 4.39 Å². The molecule has 0 aliphatic heterocycles. The van der Waals surface area contributed by atoms with Crippen molar-refractivity contribution in [3.63, 3.8) is 0 Å². The van der Waals surface area contributed by atoms with Crippen molar-refractivity contribution >= 4 is 0 Å². The van der Waals surface area contributed by atoms with E-state index in [2.05, 4.69) is 11.4 Å². The van der Waals surface area contributed by atoms with Gasteiger partial charge in [-0.2, -0.15) is 5.26 Å². The van der Waals surface area contributed by atoms with E-state index >= 15 is 0 Å². The molecule has 2 aliphatic rings. The predicted molar refractivity (Wildman–Crippen MR) is 78.4 cm³/mol. The lowest BCUT2D eigenvalue weighted by molar-refractivity contribution is 0.226. The molecular weight excluding hydrogens is 267 g/mol. The van der Waals surface area contributed by atoms with Crippen molar-refractivity contribution in [1.82, 2.24) is 5.32 Å². The van der Waals surface area contributed by atoms with E-state index in [0.29, 0.717) is 24.3 Å². The number of halogens is 1. The summed E-state index contributed by atoms with van der Waals surface area (Å²) in [5.74, 6) is 0.273. The summed E-state index contributed by atoms with van der Waals surface area (Å²) in [6.45, 7) is 0.460. The number of hydrogen-bond acceptors (Lipinski definition) is 3. The van der Waals surface area contributed by atoms with Crippen LogP contribution in [0.2, 0.25) is 0 Å². The average molecular weight is 288 g/mol. The SMILES string of the molecule is N#CC1(NC2CC2)CCCC1CCOc1ccccc1F. The molecule has 4 heteroatoms. The summed E-state index contributed by atoms with van der Waals surface area (Å²) >= 11 is 0. The van der Waals surface area contributed by atoms with Crippen molar-refractivity contribution < 1.29 is 9.13 Å². The molecule has 0 amide bonds. The molecule has 0 heterocycles. The van der Waals surface area contributed by atoms with Gasteiger partial charge in [0, 0.05) is 6.04 Å². The zero-order valence-electron chi connectivity index (χ0n) is 12.1. The van der Waals surface area contributed by atoms with Gasteiger partial charge in [-0.15, -0.1) is 0 Å². The predicted octanol–water partition coefficient (Wildman–Crippen LogP) is 3.41. The summed E-state index contributed by atoms with van der Waals surface area (Å²) in [5.41, 5.74) is -0.389. The summed E-state index contributed by atoms with van der Waals surface area (Å²) in [4.78, 5) is 0. The van der Waals surface area contributed by atoms with Crippen molar-refractivity contribution in [2.45, 2.75) is 50.1 Å². The van der Waals surface area contributed by atoms with E-state index < -0.39 is 0 Å². The third kappa shape index (κ3) is 3.19. The molecule has 2 saturated carbocycles. The van der Waals surface area contributed by atoms with E-state index in [1.165, 1.54) is 18.9 Å². The number of rotatable bonds is 6. The van der Waals surface area contributed by atoms with E-state index in [0.717, 1.165) is 25.7 Å². The molecule has 0 saturated heterocycles. The average Bonchev–Trinajstić information content (AvgIpc) is 3.21. The van der Waals surface area contributed by atoms with Gasteiger partial charge in [0.1, 0.15) is 5.54 Å². The lowest BCUT2D eigenvalue weighted by Crippen LogP contribution is -2.48. The van der Waals surface area contributed by atoms with Crippen LogP contribution in [0.5, 0.6) is 5.75 Å².